The van der Waals surface area contributed by atoms with Crippen molar-refractivity contribution in [1.82, 2.24) is 5.32 Å². The Hall–Kier alpha value is -0.380. The van der Waals surface area contributed by atoms with Gasteiger partial charge in [-0.25, -0.2) is 0 Å². The van der Waals surface area contributed by atoms with Gasteiger partial charge in [0.05, 0.1) is 12.6 Å². The maximum absolute atomic E-state index is 9.29. The summed E-state index contributed by atoms with van der Waals surface area (Å²) in [4.78, 5) is 0. The first-order valence-electron chi connectivity index (χ1n) is 5.29. The number of halogens is 1. The van der Waals surface area contributed by atoms with Crippen molar-refractivity contribution >= 4 is 15.9 Å². The highest BCUT2D eigenvalue weighted by Gasteiger charge is 2.09. The van der Waals surface area contributed by atoms with Gasteiger partial charge in [0.15, 0.2) is 0 Å². The fourth-order valence-corrected chi connectivity index (χ4v) is 1.74. The van der Waals surface area contributed by atoms with E-state index < -0.39 is 0 Å². The molecule has 1 atom stereocenters. The third-order valence-electron chi connectivity index (χ3n) is 2.41. The monoisotopic (exact) mass is 271 g/mol. The number of benzene rings is 1. The summed E-state index contributed by atoms with van der Waals surface area (Å²) in [5, 5.41) is 12.6. The van der Waals surface area contributed by atoms with Crippen molar-refractivity contribution in [3.05, 3.63) is 33.8 Å². The maximum Gasteiger partial charge on any atom is 0.0626 e. The van der Waals surface area contributed by atoms with Gasteiger partial charge < -0.3 is 10.4 Å². The summed E-state index contributed by atoms with van der Waals surface area (Å²) in [6.45, 7) is 5.25. The first-order valence-corrected chi connectivity index (χ1v) is 6.08. The van der Waals surface area contributed by atoms with E-state index in [-0.39, 0.29) is 12.6 Å². The SMILES string of the molecule is CCCNC(CO)c1ccc(Br)c(C)c1. The molecule has 0 aliphatic carbocycles. The maximum atomic E-state index is 9.29. The largest absolute Gasteiger partial charge is 0.394 e. The molecule has 1 aromatic rings. The molecular weight excluding hydrogens is 254 g/mol. The number of aryl methyl sites for hydroxylation is 1. The van der Waals surface area contributed by atoms with E-state index in [0.717, 1.165) is 23.0 Å². The van der Waals surface area contributed by atoms with E-state index in [9.17, 15) is 5.11 Å². The van der Waals surface area contributed by atoms with Crippen molar-refractivity contribution in [2.45, 2.75) is 26.3 Å². The Bertz CT molecular complexity index is 314. The van der Waals surface area contributed by atoms with E-state index in [1.807, 2.05) is 12.1 Å². The zero-order valence-electron chi connectivity index (χ0n) is 9.26. The number of nitrogens with one attached hydrogen (secondary N) is 1. The molecule has 0 saturated carbocycles. The quantitative estimate of drug-likeness (QED) is 0.863. The summed E-state index contributed by atoms with van der Waals surface area (Å²) in [6.07, 6.45) is 1.08. The average Bonchev–Trinajstić information content (AvgIpc) is 2.24. The lowest BCUT2D eigenvalue weighted by Gasteiger charge is -2.17. The second kappa shape index (κ2) is 6.26. The van der Waals surface area contributed by atoms with E-state index in [2.05, 4.69) is 41.2 Å². The molecular formula is C12H18BrNO. The normalized spacial score (nSPS) is 12.8. The summed E-state index contributed by atoms with van der Waals surface area (Å²) in [6, 6.07) is 6.23. The minimum atomic E-state index is 0.0525. The lowest BCUT2D eigenvalue weighted by Crippen LogP contribution is -2.25. The molecule has 0 aliphatic rings. The molecule has 84 valence electrons. The summed E-state index contributed by atoms with van der Waals surface area (Å²) in [5.74, 6) is 0. The zero-order chi connectivity index (χ0) is 11.3. The van der Waals surface area contributed by atoms with Crippen LogP contribution in [0.15, 0.2) is 22.7 Å². The molecule has 1 rings (SSSR count). The van der Waals surface area contributed by atoms with Gasteiger partial charge in [-0.2, -0.15) is 0 Å². The van der Waals surface area contributed by atoms with Crippen LogP contribution in [0.1, 0.15) is 30.5 Å². The number of aliphatic hydroxyl groups is 1. The summed E-state index contributed by atoms with van der Waals surface area (Å²) < 4.78 is 1.11. The third-order valence-corrected chi connectivity index (χ3v) is 3.30. The lowest BCUT2D eigenvalue weighted by atomic mass is 10.1. The first-order chi connectivity index (χ1) is 7.19. The Morgan fingerprint density at radius 3 is 2.73 bits per heavy atom. The van der Waals surface area contributed by atoms with Crippen molar-refractivity contribution in [3.63, 3.8) is 0 Å². The van der Waals surface area contributed by atoms with Crippen LogP contribution in [-0.2, 0) is 0 Å². The summed E-state index contributed by atoms with van der Waals surface area (Å²) >= 11 is 3.47. The van der Waals surface area contributed by atoms with Crippen molar-refractivity contribution in [3.8, 4) is 0 Å². The highest BCUT2D eigenvalue weighted by molar-refractivity contribution is 9.10. The predicted molar refractivity (Wildman–Crippen MR) is 67.0 cm³/mol. The minimum absolute atomic E-state index is 0.0525. The molecule has 0 bridgehead atoms. The molecule has 2 nitrogen and oxygen atoms in total. The molecule has 0 saturated heterocycles. The molecule has 0 amide bonds. The molecule has 0 spiro atoms. The van der Waals surface area contributed by atoms with E-state index in [0.29, 0.717) is 0 Å². The van der Waals surface area contributed by atoms with E-state index in [4.69, 9.17) is 0 Å². The molecule has 15 heavy (non-hydrogen) atoms. The van der Waals surface area contributed by atoms with Crippen LogP contribution in [0.5, 0.6) is 0 Å². The Balaban J connectivity index is 2.78. The fourth-order valence-electron chi connectivity index (χ4n) is 1.49. The van der Waals surface area contributed by atoms with Gasteiger partial charge in [-0.1, -0.05) is 35.0 Å². The van der Waals surface area contributed by atoms with E-state index in [1.165, 1.54) is 5.56 Å². The number of hydrogen-bond donors (Lipinski definition) is 2. The Morgan fingerprint density at radius 2 is 2.20 bits per heavy atom. The van der Waals surface area contributed by atoms with Crippen LogP contribution < -0.4 is 5.32 Å². The average molecular weight is 272 g/mol. The fraction of sp³-hybridized carbons (Fsp3) is 0.500. The Morgan fingerprint density at radius 1 is 1.47 bits per heavy atom. The second-order valence-corrected chi connectivity index (χ2v) is 4.55. The molecule has 1 aromatic carbocycles. The molecule has 0 fully saturated rings. The van der Waals surface area contributed by atoms with Gasteiger partial charge in [-0.15, -0.1) is 0 Å². The smallest absolute Gasteiger partial charge is 0.0626 e. The van der Waals surface area contributed by atoms with Crippen molar-refractivity contribution < 1.29 is 5.11 Å². The van der Waals surface area contributed by atoms with Gasteiger partial charge in [0.25, 0.3) is 0 Å². The number of aliphatic hydroxyl groups excluding tert-OH is 1. The number of rotatable bonds is 5. The zero-order valence-corrected chi connectivity index (χ0v) is 10.8. The molecule has 0 radical (unpaired) electrons. The van der Waals surface area contributed by atoms with Gasteiger partial charge in [0, 0.05) is 4.47 Å². The van der Waals surface area contributed by atoms with Crippen LogP contribution in [0.4, 0.5) is 0 Å². The van der Waals surface area contributed by atoms with Gasteiger partial charge in [0.2, 0.25) is 0 Å². The lowest BCUT2D eigenvalue weighted by molar-refractivity contribution is 0.245. The van der Waals surface area contributed by atoms with Crippen LogP contribution in [-0.4, -0.2) is 18.3 Å². The Kier molecular flexibility index (Phi) is 5.29. The molecule has 0 aliphatic heterocycles. The highest BCUT2D eigenvalue weighted by atomic mass is 79.9. The van der Waals surface area contributed by atoms with Gasteiger partial charge in [0.1, 0.15) is 0 Å². The van der Waals surface area contributed by atoms with Crippen molar-refractivity contribution in [2.75, 3.05) is 13.2 Å². The molecule has 2 N–H and O–H groups in total. The predicted octanol–water partition coefficient (Wildman–Crippen LogP) is 2.79. The second-order valence-electron chi connectivity index (χ2n) is 3.70. The third kappa shape index (κ3) is 3.59. The van der Waals surface area contributed by atoms with Gasteiger partial charge in [-0.05, 0) is 37.1 Å². The van der Waals surface area contributed by atoms with Crippen LogP contribution >= 0.6 is 15.9 Å². The Labute approximate surface area is 99.8 Å². The molecule has 0 heterocycles. The standard InChI is InChI=1S/C12H18BrNO/c1-3-6-14-12(8-15)10-4-5-11(13)9(2)7-10/h4-5,7,12,14-15H,3,6,8H2,1-2H3. The molecule has 3 heteroatoms. The van der Waals surface area contributed by atoms with E-state index in [1.54, 1.807) is 0 Å². The molecule has 1 unspecified atom stereocenters. The number of hydrogen-bond acceptors (Lipinski definition) is 2. The first kappa shape index (κ1) is 12.7. The minimum Gasteiger partial charge on any atom is -0.394 e. The van der Waals surface area contributed by atoms with Crippen molar-refractivity contribution in [1.29, 1.82) is 0 Å². The topological polar surface area (TPSA) is 32.3 Å². The van der Waals surface area contributed by atoms with Crippen molar-refractivity contribution in [2.24, 2.45) is 0 Å². The highest BCUT2D eigenvalue weighted by Crippen LogP contribution is 2.21. The van der Waals surface area contributed by atoms with Crippen LogP contribution in [0.25, 0.3) is 0 Å². The van der Waals surface area contributed by atoms with Crippen LogP contribution in [0.2, 0.25) is 0 Å². The van der Waals surface area contributed by atoms with Gasteiger partial charge >= 0.3 is 0 Å². The van der Waals surface area contributed by atoms with E-state index >= 15 is 0 Å². The van der Waals surface area contributed by atoms with Gasteiger partial charge in [-0.3, -0.25) is 0 Å². The summed E-state index contributed by atoms with van der Waals surface area (Å²) in [5.41, 5.74) is 2.34. The van der Waals surface area contributed by atoms with Crippen LogP contribution in [0, 0.1) is 6.92 Å². The molecule has 0 aromatic heterocycles. The van der Waals surface area contributed by atoms with Crippen LogP contribution in [0.3, 0.4) is 0 Å². The summed E-state index contributed by atoms with van der Waals surface area (Å²) in [7, 11) is 0.